The van der Waals surface area contributed by atoms with Crippen molar-refractivity contribution >= 4 is 23.5 Å². The second-order valence-electron chi connectivity index (χ2n) is 9.67. The zero-order valence-electron chi connectivity index (χ0n) is 19.6. The van der Waals surface area contributed by atoms with Gasteiger partial charge in [-0.3, -0.25) is 9.59 Å². The number of rotatable bonds is 6. The lowest BCUT2D eigenvalue weighted by atomic mass is 9.55. The summed E-state index contributed by atoms with van der Waals surface area (Å²) in [7, 11) is 0. The predicted octanol–water partition coefficient (Wildman–Crippen LogP) is 5.43. The van der Waals surface area contributed by atoms with Gasteiger partial charge in [-0.1, -0.05) is 68.3 Å². The van der Waals surface area contributed by atoms with E-state index in [1.54, 1.807) is 24.3 Å². The summed E-state index contributed by atoms with van der Waals surface area (Å²) in [5.74, 6) is -1.79. The maximum atomic E-state index is 13.8. The first-order chi connectivity index (χ1) is 17.1. The van der Waals surface area contributed by atoms with Crippen LogP contribution in [0.1, 0.15) is 70.6 Å². The van der Waals surface area contributed by atoms with Crippen LogP contribution >= 0.6 is 0 Å². The molecule has 5 nitrogen and oxygen atoms in total. The highest BCUT2D eigenvalue weighted by atomic mass is 16.5. The van der Waals surface area contributed by atoms with Gasteiger partial charge in [0.05, 0.1) is 29.7 Å². The molecule has 0 spiro atoms. The molecule has 1 heterocycles. The van der Waals surface area contributed by atoms with Crippen molar-refractivity contribution in [3.63, 3.8) is 0 Å². The van der Waals surface area contributed by atoms with Crippen molar-refractivity contribution in [3.8, 4) is 0 Å². The third-order valence-corrected chi connectivity index (χ3v) is 7.79. The molecule has 2 bridgehead atoms. The molecule has 0 N–H and O–H groups in total. The molecule has 2 atom stereocenters. The topological polar surface area (TPSA) is 63.7 Å². The number of hydrogen-bond donors (Lipinski definition) is 0. The lowest BCUT2D eigenvalue weighted by Crippen LogP contribution is -2.41. The Hall–Kier alpha value is -3.73. The van der Waals surface area contributed by atoms with E-state index in [-0.39, 0.29) is 29.6 Å². The van der Waals surface area contributed by atoms with Crippen molar-refractivity contribution in [2.24, 2.45) is 11.8 Å². The number of carbonyl (C=O) groups excluding carboxylic acids is 3. The molecule has 3 aromatic rings. The number of benzene rings is 3. The number of esters is 1. The molecule has 0 aromatic heterocycles. The van der Waals surface area contributed by atoms with Crippen LogP contribution < -0.4 is 4.90 Å². The van der Waals surface area contributed by atoms with Crippen molar-refractivity contribution in [2.45, 2.75) is 38.0 Å². The van der Waals surface area contributed by atoms with Crippen LogP contribution in [-0.4, -0.2) is 24.4 Å². The largest absolute Gasteiger partial charge is 0.462 e. The lowest BCUT2D eigenvalue weighted by Gasteiger charge is -2.45. The molecule has 4 aliphatic rings. The molecule has 2 amide bonds. The fourth-order valence-corrected chi connectivity index (χ4v) is 6.28. The van der Waals surface area contributed by atoms with Crippen LogP contribution in [0.15, 0.2) is 72.8 Å². The molecule has 1 aliphatic heterocycles. The summed E-state index contributed by atoms with van der Waals surface area (Å²) in [5, 5.41) is 0. The Morgan fingerprint density at radius 2 is 1.23 bits per heavy atom. The van der Waals surface area contributed by atoms with E-state index in [1.807, 2.05) is 24.3 Å². The van der Waals surface area contributed by atoms with Crippen LogP contribution in [0.4, 0.5) is 5.69 Å². The molecule has 3 aliphatic carbocycles. The molecule has 3 aromatic carbocycles. The van der Waals surface area contributed by atoms with E-state index in [4.69, 9.17) is 4.74 Å². The number of amides is 2. The standard InChI is InChI=1S/C30H27NO4/c1-2-3-8-17-35-30(34)18-13-15-19(16-14-18)31-28(32)26-24-20-9-4-5-10-21(20)25(27(26)29(31)33)23-12-7-6-11-22(23)24/h4-7,9-16,24-27H,2-3,8,17H2,1H3/t24?,25?,26-,27+. The summed E-state index contributed by atoms with van der Waals surface area (Å²) in [6.07, 6.45) is 2.92. The SMILES string of the molecule is CCCCCOC(=O)c1ccc(N2C(=O)[C@@H]3C4c5ccccc5C(c5ccccc54)[C@@H]3C2=O)cc1. The third kappa shape index (κ3) is 3.25. The van der Waals surface area contributed by atoms with Gasteiger partial charge in [0.15, 0.2) is 0 Å². The van der Waals surface area contributed by atoms with Gasteiger partial charge in [-0.25, -0.2) is 9.69 Å². The molecule has 35 heavy (non-hydrogen) atoms. The van der Waals surface area contributed by atoms with Gasteiger partial charge in [-0.05, 0) is 52.9 Å². The normalized spacial score (nSPS) is 23.6. The molecular formula is C30H27NO4. The molecule has 1 saturated heterocycles. The minimum Gasteiger partial charge on any atom is -0.462 e. The van der Waals surface area contributed by atoms with Crippen molar-refractivity contribution in [2.75, 3.05) is 11.5 Å². The molecule has 1 fully saturated rings. The molecule has 0 radical (unpaired) electrons. The van der Waals surface area contributed by atoms with Gasteiger partial charge in [-0.2, -0.15) is 0 Å². The number of carbonyl (C=O) groups is 3. The monoisotopic (exact) mass is 465 g/mol. The quantitative estimate of drug-likeness (QED) is 0.277. The summed E-state index contributed by atoms with van der Waals surface area (Å²) in [4.78, 5) is 41.3. The zero-order valence-corrected chi connectivity index (χ0v) is 19.6. The molecule has 7 rings (SSSR count). The Labute approximate surface area is 204 Å². The first-order valence-corrected chi connectivity index (χ1v) is 12.4. The Kier molecular flexibility index (Phi) is 5.28. The van der Waals surface area contributed by atoms with E-state index in [9.17, 15) is 14.4 Å². The lowest BCUT2D eigenvalue weighted by molar-refractivity contribution is -0.122. The Morgan fingerprint density at radius 1 is 0.743 bits per heavy atom. The molecule has 5 heteroatoms. The fourth-order valence-electron chi connectivity index (χ4n) is 6.28. The van der Waals surface area contributed by atoms with E-state index >= 15 is 0 Å². The maximum absolute atomic E-state index is 13.8. The predicted molar refractivity (Wildman–Crippen MR) is 132 cm³/mol. The summed E-state index contributed by atoms with van der Waals surface area (Å²) in [6.45, 7) is 2.49. The summed E-state index contributed by atoms with van der Waals surface area (Å²) < 4.78 is 5.34. The van der Waals surface area contributed by atoms with Crippen LogP contribution in [0, 0.1) is 11.8 Å². The number of nitrogens with zero attached hydrogens (tertiary/aromatic N) is 1. The number of anilines is 1. The number of unbranched alkanes of at least 4 members (excludes halogenated alkanes) is 2. The molecule has 0 unspecified atom stereocenters. The van der Waals surface area contributed by atoms with Crippen LogP contribution in [0.25, 0.3) is 0 Å². The highest BCUT2D eigenvalue weighted by Gasteiger charge is 2.61. The van der Waals surface area contributed by atoms with Gasteiger partial charge >= 0.3 is 5.97 Å². The Balaban J connectivity index is 1.32. The highest BCUT2D eigenvalue weighted by Crippen LogP contribution is 2.61. The van der Waals surface area contributed by atoms with E-state index in [2.05, 4.69) is 31.2 Å². The average Bonchev–Trinajstić information content (AvgIpc) is 3.17. The van der Waals surface area contributed by atoms with Gasteiger partial charge in [-0.15, -0.1) is 0 Å². The molecular weight excluding hydrogens is 438 g/mol. The number of imide groups is 1. The van der Waals surface area contributed by atoms with E-state index in [0.29, 0.717) is 17.9 Å². The van der Waals surface area contributed by atoms with Gasteiger partial charge in [0, 0.05) is 11.8 Å². The minimum atomic E-state index is -0.416. The molecule has 0 saturated carbocycles. The van der Waals surface area contributed by atoms with Crippen molar-refractivity contribution in [3.05, 3.63) is 101 Å². The van der Waals surface area contributed by atoms with Crippen LogP contribution in [0.2, 0.25) is 0 Å². The van der Waals surface area contributed by atoms with Crippen LogP contribution in [0.5, 0.6) is 0 Å². The maximum Gasteiger partial charge on any atom is 0.338 e. The number of ether oxygens (including phenoxy) is 1. The van der Waals surface area contributed by atoms with Gasteiger partial charge in [0.25, 0.3) is 0 Å². The molecule has 176 valence electrons. The summed E-state index contributed by atoms with van der Waals surface area (Å²) >= 11 is 0. The van der Waals surface area contributed by atoms with Gasteiger partial charge < -0.3 is 4.74 Å². The smallest absolute Gasteiger partial charge is 0.338 e. The van der Waals surface area contributed by atoms with E-state index < -0.39 is 11.8 Å². The average molecular weight is 466 g/mol. The summed E-state index contributed by atoms with van der Waals surface area (Å²) in [6, 6.07) is 23.1. The van der Waals surface area contributed by atoms with Crippen LogP contribution in [-0.2, 0) is 14.3 Å². The number of hydrogen-bond acceptors (Lipinski definition) is 4. The van der Waals surface area contributed by atoms with Gasteiger partial charge in [0.1, 0.15) is 0 Å². The van der Waals surface area contributed by atoms with Crippen molar-refractivity contribution in [1.82, 2.24) is 0 Å². The first kappa shape index (κ1) is 21.8. The third-order valence-electron chi connectivity index (χ3n) is 7.79. The van der Waals surface area contributed by atoms with E-state index in [0.717, 1.165) is 41.5 Å². The first-order valence-electron chi connectivity index (χ1n) is 12.4. The van der Waals surface area contributed by atoms with Crippen molar-refractivity contribution < 1.29 is 19.1 Å². The second-order valence-corrected chi connectivity index (χ2v) is 9.67. The highest BCUT2D eigenvalue weighted by molar-refractivity contribution is 6.23. The van der Waals surface area contributed by atoms with Crippen molar-refractivity contribution in [1.29, 1.82) is 0 Å². The Morgan fingerprint density at radius 3 is 1.69 bits per heavy atom. The zero-order chi connectivity index (χ0) is 24.1. The fraction of sp³-hybridized carbons (Fsp3) is 0.300. The Bertz CT molecular complexity index is 1210. The summed E-state index contributed by atoms with van der Waals surface area (Å²) in [5.41, 5.74) is 5.54. The van der Waals surface area contributed by atoms with E-state index in [1.165, 1.54) is 4.90 Å². The van der Waals surface area contributed by atoms with Gasteiger partial charge in [0.2, 0.25) is 11.8 Å². The minimum absolute atomic E-state index is 0.128. The van der Waals surface area contributed by atoms with Crippen LogP contribution in [0.3, 0.4) is 0 Å². The second kappa shape index (κ2) is 8.49.